The van der Waals surface area contributed by atoms with Crippen LogP contribution in [0.25, 0.3) is 6.08 Å². The van der Waals surface area contributed by atoms with E-state index in [9.17, 15) is 24.5 Å². The molecule has 4 rings (SSSR count). The van der Waals surface area contributed by atoms with Crippen LogP contribution in [0.15, 0.2) is 114 Å². The highest BCUT2D eigenvalue weighted by atomic mass is 32.2. The van der Waals surface area contributed by atoms with Gasteiger partial charge in [0.15, 0.2) is 0 Å². The molecule has 4 aromatic rings. The maximum atomic E-state index is 13.3. The first kappa shape index (κ1) is 30.5. The molecule has 0 aromatic heterocycles. The fraction of sp³-hybridized carbons (Fsp3) is 0.0938. The summed E-state index contributed by atoms with van der Waals surface area (Å²) in [4.78, 5) is 49.5. The zero-order valence-electron chi connectivity index (χ0n) is 23.1. The molecule has 0 aliphatic carbocycles. The molecule has 0 atom stereocenters. The van der Waals surface area contributed by atoms with Gasteiger partial charge in [-0.1, -0.05) is 30.3 Å². The number of hydrogen-bond acceptors (Lipinski definition) is 7. The monoisotopic (exact) mass is 596 g/mol. The Bertz CT molecular complexity index is 1610. The summed E-state index contributed by atoms with van der Waals surface area (Å²) >= 11 is 1.29. The SMILES string of the molecule is CCOc1ccc(/C=C(\NC(=O)c2ccccc2)C(=O)Nc2ccc(SCC(=O)Nc3ccc([N+](=O)[O-])cc3)cc2)cc1. The summed E-state index contributed by atoms with van der Waals surface area (Å²) in [5.74, 6) is -0.397. The Kier molecular flexibility index (Phi) is 10.6. The number of hydrogen-bond donors (Lipinski definition) is 3. The number of rotatable bonds is 12. The van der Waals surface area contributed by atoms with Crippen molar-refractivity contribution < 1.29 is 24.0 Å². The molecule has 0 saturated carbocycles. The smallest absolute Gasteiger partial charge is 0.272 e. The number of nitrogens with zero attached hydrogens (tertiary/aromatic N) is 1. The number of anilines is 2. The Morgan fingerprint density at radius 2 is 1.47 bits per heavy atom. The van der Waals surface area contributed by atoms with Crippen molar-refractivity contribution in [1.82, 2.24) is 5.32 Å². The maximum Gasteiger partial charge on any atom is 0.272 e. The maximum absolute atomic E-state index is 13.3. The van der Waals surface area contributed by atoms with Crippen molar-refractivity contribution in [2.24, 2.45) is 0 Å². The number of non-ortho nitro benzene ring substituents is 1. The lowest BCUT2D eigenvalue weighted by Crippen LogP contribution is -2.30. The van der Waals surface area contributed by atoms with Crippen molar-refractivity contribution in [2.45, 2.75) is 11.8 Å². The van der Waals surface area contributed by atoms with E-state index in [1.54, 1.807) is 84.9 Å². The summed E-state index contributed by atoms with van der Waals surface area (Å²) < 4.78 is 5.48. The second kappa shape index (κ2) is 15.0. The molecule has 3 amide bonds. The lowest BCUT2D eigenvalue weighted by atomic mass is 10.1. The van der Waals surface area contributed by atoms with E-state index in [2.05, 4.69) is 16.0 Å². The standard InChI is InChI=1S/C32H28N4O6S/c1-2-42-27-16-8-22(9-17-27)20-29(35-31(38)23-6-4-3-5-7-23)32(39)34-25-12-18-28(19-13-25)43-21-30(37)33-24-10-14-26(15-11-24)36(40)41/h3-20H,2,21H2,1H3,(H,33,37)(H,34,39)(H,35,38)/b29-20-. The van der Waals surface area contributed by atoms with E-state index in [0.29, 0.717) is 34.9 Å². The van der Waals surface area contributed by atoms with Crippen LogP contribution in [0.2, 0.25) is 0 Å². The van der Waals surface area contributed by atoms with E-state index < -0.39 is 16.7 Å². The zero-order chi connectivity index (χ0) is 30.6. The first-order chi connectivity index (χ1) is 20.8. The lowest BCUT2D eigenvalue weighted by Gasteiger charge is -2.12. The van der Waals surface area contributed by atoms with E-state index in [1.807, 2.05) is 6.92 Å². The average molecular weight is 597 g/mol. The van der Waals surface area contributed by atoms with Crippen molar-refractivity contribution in [1.29, 1.82) is 0 Å². The molecule has 0 aliphatic rings. The molecule has 0 radical (unpaired) electrons. The number of thioether (sulfide) groups is 1. The van der Waals surface area contributed by atoms with Crippen LogP contribution in [-0.2, 0) is 9.59 Å². The van der Waals surface area contributed by atoms with Crippen molar-refractivity contribution in [3.8, 4) is 5.75 Å². The topological polar surface area (TPSA) is 140 Å². The highest BCUT2D eigenvalue weighted by Crippen LogP contribution is 2.22. The summed E-state index contributed by atoms with van der Waals surface area (Å²) in [6.07, 6.45) is 1.58. The van der Waals surface area contributed by atoms with Gasteiger partial charge in [0.2, 0.25) is 5.91 Å². The fourth-order valence-electron chi connectivity index (χ4n) is 3.78. The summed E-state index contributed by atoms with van der Waals surface area (Å²) in [6, 6.07) is 28.2. The van der Waals surface area contributed by atoms with Crippen LogP contribution in [0.4, 0.5) is 17.1 Å². The number of nitro groups is 1. The van der Waals surface area contributed by atoms with Gasteiger partial charge in [0.1, 0.15) is 11.4 Å². The van der Waals surface area contributed by atoms with Crippen LogP contribution < -0.4 is 20.7 Å². The normalized spacial score (nSPS) is 10.9. The van der Waals surface area contributed by atoms with Crippen molar-refractivity contribution in [2.75, 3.05) is 23.0 Å². The molecular weight excluding hydrogens is 568 g/mol. The Labute approximate surface area is 252 Å². The summed E-state index contributed by atoms with van der Waals surface area (Å²) in [6.45, 7) is 2.42. The Balaban J connectivity index is 1.39. The Morgan fingerprint density at radius 1 is 0.837 bits per heavy atom. The quantitative estimate of drug-likeness (QED) is 0.0773. The molecular formula is C32H28N4O6S. The van der Waals surface area contributed by atoms with Gasteiger partial charge in [0.05, 0.1) is 17.3 Å². The summed E-state index contributed by atoms with van der Waals surface area (Å²) in [7, 11) is 0. The third kappa shape index (κ3) is 9.30. The highest BCUT2D eigenvalue weighted by molar-refractivity contribution is 8.00. The number of carbonyl (C=O) groups excluding carboxylic acids is 3. The van der Waals surface area contributed by atoms with Crippen molar-refractivity contribution >= 4 is 52.6 Å². The average Bonchev–Trinajstić information content (AvgIpc) is 3.02. The zero-order valence-corrected chi connectivity index (χ0v) is 23.9. The van der Waals surface area contributed by atoms with Gasteiger partial charge in [-0.2, -0.15) is 0 Å². The summed E-state index contributed by atoms with van der Waals surface area (Å²) in [5.41, 5.74) is 2.06. The minimum atomic E-state index is -0.513. The molecule has 4 aromatic carbocycles. The second-order valence-corrected chi connectivity index (χ2v) is 10.0. The van der Waals surface area contributed by atoms with Crippen LogP contribution in [0.5, 0.6) is 5.75 Å². The number of nitrogens with one attached hydrogen (secondary N) is 3. The minimum absolute atomic E-state index is 0.0550. The molecule has 0 heterocycles. The van der Waals surface area contributed by atoms with E-state index >= 15 is 0 Å². The van der Waals surface area contributed by atoms with Gasteiger partial charge in [-0.3, -0.25) is 24.5 Å². The van der Waals surface area contributed by atoms with Gasteiger partial charge < -0.3 is 20.7 Å². The van der Waals surface area contributed by atoms with E-state index in [-0.39, 0.29) is 23.0 Å². The molecule has 0 saturated heterocycles. The van der Waals surface area contributed by atoms with Crippen LogP contribution >= 0.6 is 11.8 Å². The largest absolute Gasteiger partial charge is 0.494 e. The van der Waals surface area contributed by atoms with E-state index in [0.717, 1.165) is 4.90 Å². The van der Waals surface area contributed by atoms with Crippen LogP contribution in [0.3, 0.4) is 0 Å². The van der Waals surface area contributed by atoms with Gasteiger partial charge in [0, 0.05) is 34.0 Å². The highest BCUT2D eigenvalue weighted by Gasteiger charge is 2.15. The van der Waals surface area contributed by atoms with Gasteiger partial charge in [0.25, 0.3) is 17.5 Å². The fourth-order valence-corrected chi connectivity index (χ4v) is 4.48. The lowest BCUT2D eigenvalue weighted by molar-refractivity contribution is -0.384. The molecule has 3 N–H and O–H groups in total. The first-order valence-corrected chi connectivity index (χ1v) is 14.2. The Morgan fingerprint density at radius 3 is 2.09 bits per heavy atom. The molecule has 11 heteroatoms. The molecule has 0 aliphatic heterocycles. The van der Waals surface area contributed by atoms with Crippen LogP contribution in [0.1, 0.15) is 22.8 Å². The second-order valence-electron chi connectivity index (χ2n) is 9.00. The molecule has 218 valence electrons. The van der Waals surface area contributed by atoms with Crippen LogP contribution in [0, 0.1) is 10.1 Å². The number of ether oxygens (including phenoxy) is 1. The predicted octanol–water partition coefficient (Wildman–Crippen LogP) is 6.13. The van der Waals surface area contributed by atoms with E-state index in [4.69, 9.17) is 4.74 Å². The van der Waals surface area contributed by atoms with Gasteiger partial charge >= 0.3 is 0 Å². The van der Waals surface area contributed by atoms with Gasteiger partial charge in [-0.25, -0.2) is 0 Å². The van der Waals surface area contributed by atoms with Gasteiger partial charge in [-0.15, -0.1) is 11.8 Å². The number of nitro benzene ring substituents is 1. The molecule has 0 spiro atoms. The summed E-state index contributed by atoms with van der Waals surface area (Å²) in [5, 5.41) is 19.0. The third-order valence-electron chi connectivity index (χ3n) is 5.87. The minimum Gasteiger partial charge on any atom is -0.494 e. The van der Waals surface area contributed by atoms with E-state index in [1.165, 1.54) is 36.0 Å². The number of amides is 3. The first-order valence-electron chi connectivity index (χ1n) is 13.2. The Hall–Kier alpha value is -5.42. The molecule has 0 fully saturated rings. The van der Waals surface area contributed by atoms with Crippen molar-refractivity contribution in [3.63, 3.8) is 0 Å². The number of benzene rings is 4. The number of carbonyl (C=O) groups is 3. The van der Waals surface area contributed by atoms with Crippen LogP contribution in [-0.4, -0.2) is 35.0 Å². The predicted molar refractivity (Wildman–Crippen MR) is 167 cm³/mol. The molecule has 43 heavy (non-hydrogen) atoms. The molecule has 10 nitrogen and oxygen atoms in total. The van der Waals surface area contributed by atoms with Gasteiger partial charge in [-0.05, 0) is 79.2 Å². The molecule has 0 bridgehead atoms. The van der Waals surface area contributed by atoms with Crippen molar-refractivity contribution in [3.05, 3.63) is 130 Å². The third-order valence-corrected chi connectivity index (χ3v) is 6.89. The molecule has 0 unspecified atom stereocenters.